The predicted octanol–water partition coefficient (Wildman–Crippen LogP) is 2.77. The fraction of sp³-hybridized carbons (Fsp3) is 0.333. The summed E-state index contributed by atoms with van der Waals surface area (Å²) in [5, 5.41) is 8.92. The third kappa shape index (κ3) is 4.07. The molecular weight excluding hydrogens is 316 g/mol. The van der Waals surface area contributed by atoms with Gasteiger partial charge >= 0.3 is 6.18 Å². The van der Waals surface area contributed by atoms with Gasteiger partial charge < -0.3 is 9.64 Å². The fourth-order valence-corrected chi connectivity index (χ4v) is 2.07. The van der Waals surface area contributed by atoms with Crippen LogP contribution in [0.5, 0.6) is 0 Å². The summed E-state index contributed by atoms with van der Waals surface area (Å²) in [6.45, 7) is 0.263. The number of rotatable bonds is 2. The minimum atomic E-state index is -4.48. The average molecular weight is 328 g/mol. The van der Waals surface area contributed by atoms with Crippen LogP contribution in [0.2, 0.25) is 0 Å². The van der Waals surface area contributed by atoms with Crippen LogP contribution in [-0.4, -0.2) is 36.6 Å². The van der Waals surface area contributed by atoms with Crippen molar-refractivity contribution in [3.63, 3.8) is 0 Å². The summed E-state index contributed by atoms with van der Waals surface area (Å²) >= 11 is 0. The molecule has 0 aliphatic carbocycles. The fourth-order valence-electron chi connectivity index (χ4n) is 2.07. The lowest BCUT2D eigenvalue weighted by molar-refractivity contribution is -0.137. The number of carbonyl (C=O) groups is 1. The summed E-state index contributed by atoms with van der Waals surface area (Å²) in [5.74, 6) is -2.13. The predicted molar refractivity (Wildman–Crippen MR) is 72.5 cm³/mol. The molecule has 1 aliphatic rings. The quantitative estimate of drug-likeness (QED) is 0.620. The number of hydrogen-bond donors (Lipinski definition) is 0. The van der Waals surface area contributed by atoms with E-state index in [9.17, 15) is 22.4 Å². The van der Waals surface area contributed by atoms with Crippen LogP contribution in [0.25, 0.3) is 6.08 Å². The van der Waals surface area contributed by atoms with Crippen molar-refractivity contribution in [2.24, 2.45) is 0 Å². The van der Waals surface area contributed by atoms with Gasteiger partial charge in [0.1, 0.15) is 6.04 Å². The highest BCUT2D eigenvalue weighted by atomic mass is 19.4. The van der Waals surface area contributed by atoms with Crippen LogP contribution in [0.3, 0.4) is 0 Å². The van der Waals surface area contributed by atoms with E-state index >= 15 is 0 Å². The van der Waals surface area contributed by atoms with Crippen LogP contribution >= 0.6 is 0 Å². The van der Waals surface area contributed by atoms with E-state index in [1.807, 2.05) is 6.07 Å². The van der Waals surface area contributed by atoms with Gasteiger partial charge in [-0.2, -0.15) is 18.4 Å². The first kappa shape index (κ1) is 17.0. The lowest BCUT2D eigenvalue weighted by Gasteiger charge is -2.30. The molecule has 1 saturated heterocycles. The van der Waals surface area contributed by atoms with Gasteiger partial charge in [-0.15, -0.1) is 0 Å². The van der Waals surface area contributed by atoms with Crippen molar-refractivity contribution in [2.75, 3.05) is 19.8 Å². The second-order valence-corrected chi connectivity index (χ2v) is 4.83. The Balaban J connectivity index is 2.15. The van der Waals surface area contributed by atoms with E-state index < -0.39 is 29.5 Å². The van der Waals surface area contributed by atoms with Crippen molar-refractivity contribution in [1.29, 1.82) is 5.26 Å². The van der Waals surface area contributed by atoms with Crippen LogP contribution < -0.4 is 0 Å². The van der Waals surface area contributed by atoms with Gasteiger partial charge in [0.15, 0.2) is 5.83 Å². The smallest absolute Gasteiger partial charge is 0.376 e. The lowest BCUT2D eigenvalue weighted by atomic mass is 10.1. The number of amides is 1. The maximum atomic E-state index is 14.0. The summed E-state index contributed by atoms with van der Waals surface area (Å²) in [4.78, 5) is 13.0. The molecule has 1 aromatic rings. The summed E-state index contributed by atoms with van der Waals surface area (Å²) in [6.07, 6.45) is -3.64. The van der Waals surface area contributed by atoms with Gasteiger partial charge in [-0.25, -0.2) is 4.39 Å². The van der Waals surface area contributed by atoms with Crippen LogP contribution in [0.1, 0.15) is 11.1 Å². The van der Waals surface area contributed by atoms with Crippen LogP contribution in [0, 0.1) is 11.3 Å². The first-order valence-corrected chi connectivity index (χ1v) is 6.65. The van der Waals surface area contributed by atoms with Crippen LogP contribution in [0.15, 0.2) is 30.1 Å². The van der Waals surface area contributed by atoms with Crippen molar-refractivity contribution in [2.45, 2.75) is 12.2 Å². The summed E-state index contributed by atoms with van der Waals surface area (Å²) in [7, 11) is 0. The molecule has 23 heavy (non-hydrogen) atoms. The first-order valence-electron chi connectivity index (χ1n) is 6.65. The van der Waals surface area contributed by atoms with E-state index in [1.54, 1.807) is 0 Å². The zero-order valence-electron chi connectivity index (χ0n) is 11.8. The normalized spacial score (nSPS) is 19.3. The van der Waals surface area contributed by atoms with Crippen molar-refractivity contribution < 1.29 is 27.1 Å². The molecule has 0 saturated carbocycles. The van der Waals surface area contributed by atoms with E-state index in [0.717, 1.165) is 35.2 Å². The summed E-state index contributed by atoms with van der Waals surface area (Å²) < 4.78 is 56.4. The highest BCUT2D eigenvalue weighted by molar-refractivity contribution is 5.96. The number of ether oxygens (including phenoxy) is 1. The number of nitriles is 1. The van der Waals surface area contributed by atoms with E-state index in [1.165, 1.54) is 0 Å². The molecule has 1 atom stereocenters. The third-order valence-electron chi connectivity index (χ3n) is 3.27. The zero-order chi connectivity index (χ0) is 17.0. The molecule has 1 amide bonds. The monoisotopic (exact) mass is 328 g/mol. The highest BCUT2D eigenvalue weighted by Gasteiger charge is 2.31. The highest BCUT2D eigenvalue weighted by Crippen LogP contribution is 2.29. The molecule has 2 rings (SSSR count). The Labute approximate surface area is 129 Å². The summed E-state index contributed by atoms with van der Waals surface area (Å²) in [6, 6.07) is 4.69. The molecule has 1 aliphatic heterocycles. The van der Waals surface area contributed by atoms with Crippen molar-refractivity contribution >= 4 is 12.0 Å². The SMILES string of the molecule is N#CC1COCCN1C(=O)/C(F)=C/c1ccc(C(F)(F)F)cc1. The Morgan fingerprint density at radius 1 is 1.35 bits per heavy atom. The average Bonchev–Trinajstić information content (AvgIpc) is 2.53. The lowest BCUT2D eigenvalue weighted by Crippen LogP contribution is -2.48. The molecule has 0 N–H and O–H groups in total. The molecule has 0 bridgehead atoms. The topological polar surface area (TPSA) is 53.3 Å². The van der Waals surface area contributed by atoms with Crippen LogP contribution in [-0.2, 0) is 15.7 Å². The second kappa shape index (κ2) is 6.79. The van der Waals surface area contributed by atoms with Crippen molar-refractivity contribution in [3.8, 4) is 6.07 Å². The number of halogens is 4. The minimum absolute atomic E-state index is 0.00417. The number of nitrogens with zero attached hydrogens (tertiary/aromatic N) is 2. The third-order valence-corrected chi connectivity index (χ3v) is 3.27. The Kier molecular flexibility index (Phi) is 5.01. The molecule has 122 valence electrons. The minimum Gasteiger partial charge on any atom is -0.376 e. The van der Waals surface area contributed by atoms with Gasteiger partial charge in [-0.1, -0.05) is 12.1 Å². The molecule has 0 aromatic heterocycles. The zero-order valence-corrected chi connectivity index (χ0v) is 11.8. The standard InChI is InChI=1S/C15H12F4N2O2/c16-13(14(22)21-5-6-23-9-12(21)8-20)7-10-1-3-11(4-2-10)15(17,18)19/h1-4,7,12H,5-6,9H2/b13-7-. The molecule has 1 fully saturated rings. The van der Waals surface area contributed by atoms with Gasteiger partial charge in [-0.3, -0.25) is 4.79 Å². The molecule has 0 spiro atoms. The molecule has 1 heterocycles. The number of carbonyl (C=O) groups excluding carboxylic acids is 1. The molecule has 1 unspecified atom stereocenters. The number of morpholine rings is 1. The maximum absolute atomic E-state index is 14.0. The van der Waals surface area contributed by atoms with E-state index in [-0.39, 0.29) is 25.3 Å². The van der Waals surface area contributed by atoms with Crippen molar-refractivity contribution in [1.82, 2.24) is 4.90 Å². The Morgan fingerprint density at radius 3 is 2.57 bits per heavy atom. The van der Waals surface area contributed by atoms with E-state index in [0.29, 0.717) is 0 Å². The number of benzene rings is 1. The molecule has 1 aromatic carbocycles. The van der Waals surface area contributed by atoms with E-state index in [4.69, 9.17) is 10.00 Å². The van der Waals surface area contributed by atoms with Gasteiger partial charge in [0, 0.05) is 6.54 Å². The molecule has 8 heteroatoms. The van der Waals surface area contributed by atoms with Gasteiger partial charge in [0.25, 0.3) is 5.91 Å². The number of alkyl halides is 3. The number of hydrogen-bond acceptors (Lipinski definition) is 3. The Hall–Kier alpha value is -2.40. The molecule has 0 radical (unpaired) electrons. The van der Waals surface area contributed by atoms with E-state index in [2.05, 4.69) is 0 Å². The first-order chi connectivity index (χ1) is 10.8. The van der Waals surface area contributed by atoms with Gasteiger partial charge in [0.05, 0.1) is 24.8 Å². The van der Waals surface area contributed by atoms with Crippen LogP contribution in [0.4, 0.5) is 17.6 Å². The summed E-state index contributed by atoms with van der Waals surface area (Å²) in [5.41, 5.74) is -0.746. The molecular formula is C15H12F4N2O2. The Morgan fingerprint density at radius 2 is 2.00 bits per heavy atom. The van der Waals surface area contributed by atoms with Gasteiger partial charge in [-0.05, 0) is 23.8 Å². The van der Waals surface area contributed by atoms with Crippen molar-refractivity contribution in [3.05, 3.63) is 41.2 Å². The molecule has 4 nitrogen and oxygen atoms in total. The Bertz CT molecular complexity index is 647. The second-order valence-electron chi connectivity index (χ2n) is 4.83. The van der Waals surface area contributed by atoms with Gasteiger partial charge in [0.2, 0.25) is 0 Å². The largest absolute Gasteiger partial charge is 0.416 e. The maximum Gasteiger partial charge on any atom is 0.416 e.